The monoisotopic (exact) mass is 261 g/mol. The number of benzene rings is 1. The van der Waals surface area contributed by atoms with Crippen LogP contribution in [0.5, 0.6) is 5.75 Å². The maximum Gasteiger partial charge on any atom is 0.224 e. The van der Waals surface area contributed by atoms with E-state index >= 15 is 0 Å². The van der Waals surface area contributed by atoms with E-state index < -0.39 is 0 Å². The second-order valence-corrected chi connectivity index (χ2v) is 3.99. The molecule has 0 heterocycles. The van der Waals surface area contributed by atoms with E-state index in [1.54, 1.807) is 19.2 Å². The van der Waals surface area contributed by atoms with Gasteiger partial charge in [-0.15, -0.1) is 0 Å². The molecular formula is C15H19NO3. The van der Waals surface area contributed by atoms with Gasteiger partial charge in [0, 0.05) is 18.4 Å². The summed E-state index contributed by atoms with van der Waals surface area (Å²) in [6.45, 7) is 2.00. The van der Waals surface area contributed by atoms with E-state index in [4.69, 9.17) is 9.84 Å². The van der Waals surface area contributed by atoms with Gasteiger partial charge < -0.3 is 15.2 Å². The van der Waals surface area contributed by atoms with Crippen LogP contribution in [0.15, 0.2) is 18.2 Å². The number of carbonyl (C=O) groups excluding carboxylic acids is 1. The normalized spacial score (nSPS) is 9.42. The third-order valence-corrected chi connectivity index (χ3v) is 2.42. The van der Waals surface area contributed by atoms with Crippen molar-refractivity contribution in [2.75, 3.05) is 19.0 Å². The molecule has 0 spiro atoms. The fraction of sp³-hybridized carbons (Fsp3) is 0.400. The van der Waals surface area contributed by atoms with Crippen molar-refractivity contribution in [2.24, 2.45) is 0 Å². The van der Waals surface area contributed by atoms with Crippen molar-refractivity contribution in [1.82, 2.24) is 0 Å². The Morgan fingerprint density at radius 2 is 2.26 bits per heavy atom. The average Bonchev–Trinajstić information content (AvgIpc) is 2.39. The van der Waals surface area contributed by atoms with Crippen molar-refractivity contribution in [3.8, 4) is 17.6 Å². The zero-order chi connectivity index (χ0) is 14.1. The van der Waals surface area contributed by atoms with Crippen molar-refractivity contribution < 1.29 is 14.6 Å². The van der Waals surface area contributed by atoms with Crippen LogP contribution in [0.25, 0.3) is 0 Å². The van der Waals surface area contributed by atoms with Crippen molar-refractivity contribution in [3.63, 3.8) is 0 Å². The molecule has 0 saturated carbocycles. The first-order valence-corrected chi connectivity index (χ1v) is 6.28. The molecule has 4 heteroatoms. The lowest BCUT2D eigenvalue weighted by Gasteiger charge is -2.10. The number of ether oxygens (including phenoxy) is 1. The molecule has 0 unspecified atom stereocenters. The summed E-state index contributed by atoms with van der Waals surface area (Å²) < 4.78 is 5.20. The molecule has 102 valence electrons. The first kappa shape index (κ1) is 15.1. The molecule has 0 bridgehead atoms. The molecule has 0 radical (unpaired) electrons. The zero-order valence-electron chi connectivity index (χ0n) is 11.3. The number of carbonyl (C=O) groups is 1. The summed E-state index contributed by atoms with van der Waals surface area (Å²) >= 11 is 0. The number of hydrogen-bond donors (Lipinski definition) is 2. The Bertz CT molecular complexity index is 486. The van der Waals surface area contributed by atoms with Crippen molar-refractivity contribution in [2.45, 2.75) is 26.2 Å². The Morgan fingerprint density at radius 3 is 2.89 bits per heavy atom. The maximum atomic E-state index is 11.6. The number of amides is 1. The summed E-state index contributed by atoms with van der Waals surface area (Å²) in [6.07, 6.45) is 1.71. The molecule has 0 saturated heterocycles. The van der Waals surface area contributed by atoms with Crippen molar-refractivity contribution >= 4 is 11.6 Å². The molecule has 1 amide bonds. The van der Waals surface area contributed by atoms with E-state index in [1.807, 2.05) is 13.0 Å². The highest BCUT2D eigenvalue weighted by Crippen LogP contribution is 2.25. The number of anilines is 1. The predicted octanol–water partition coefficient (Wildman–Crippen LogP) is 2.17. The second kappa shape index (κ2) is 8.17. The summed E-state index contributed by atoms with van der Waals surface area (Å²) in [5.74, 6) is 6.33. The van der Waals surface area contributed by atoms with Crippen LogP contribution in [0.2, 0.25) is 0 Å². The van der Waals surface area contributed by atoms with Gasteiger partial charge in [0.25, 0.3) is 0 Å². The second-order valence-electron chi connectivity index (χ2n) is 3.99. The van der Waals surface area contributed by atoms with Gasteiger partial charge >= 0.3 is 0 Å². The standard InChI is InChI=1S/C15H19NO3/c1-3-6-15(18)16-13-11-12(7-4-5-10-17)8-9-14(13)19-2/h8-9,11,17H,3,5-6,10H2,1-2H3,(H,16,18). The fourth-order valence-electron chi connectivity index (χ4n) is 1.54. The molecule has 2 N–H and O–H groups in total. The van der Waals surface area contributed by atoms with Gasteiger partial charge in [0.05, 0.1) is 19.4 Å². The minimum absolute atomic E-state index is 0.0405. The van der Waals surface area contributed by atoms with Gasteiger partial charge in [-0.2, -0.15) is 0 Å². The van der Waals surface area contributed by atoms with Crippen LogP contribution in [0, 0.1) is 11.8 Å². The van der Waals surface area contributed by atoms with Gasteiger partial charge in [-0.1, -0.05) is 18.8 Å². The number of rotatable bonds is 5. The number of nitrogens with one attached hydrogen (secondary N) is 1. The van der Waals surface area contributed by atoms with E-state index in [1.165, 1.54) is 0 Å². The number of aliphatic hydroxyl groups is 1. The molecule has 0 aromatic heterocycles. The summed E-state index contributed by atoms with van der Waals surface area (Å²) in [5.41, 5.74) is 1.40. The quantitative estimate of drug-likeness (QED) is 0.799. The van der Waals surface area contributed by atoms with Gasteiger partial charge in [0.2, 0.25) is 5.91 Å². The third-order valence-electron chi connectivity index (χ3n) is 2.42. The van der Waals surface area contributed by atoms with Crippen LogP contribution in [-0.4, -0.2) is 24.7 Å². The Morgan fingerprint density at radius 1 is 1.47 bits per heavy atom. The van der Waals surface area contributed by atoms with Gasteiger partial charge in [-0.25, -0.2) is 0 Å². The zero-order valence-corrected chi connectivity index (χ0v) is 11.3. The molecule has 4 nitrogen and oxygen atoms in total. The van der Waals surface area contributed by atoms with Gasteiger partial charge in [0.1, 0.15) is 5.75 Å². The Hall–Kier alpha value is -1.99. The van der Waals surface area contributed by atoms with Gasteiger partial charge in [-0.05, 0) is 24.6 Å². The summed E-state index contributed by atoms with van der Waals surface area (Å²) in [5, 5.41) is 11.5. The molecule has 1 aromatic carbocycles. The number of methoxy groups -OCH3 is 1. The largest absolute Gasteiger partial charge is 0.495 e. The highest BCUT2D eigenvalue weighted by atomic mass is 16.5. The fourth-order valence-corrected chi connectivity index (χ4v) is 1.54. The predicted molar refractivity (Wildman–Crippen MR) is 75.1 cm³/mol. The Kier molecular flexibility index (Phi) is 6.48. The molecule has 0 fully saturated rings. The Balaban J connectivity index is 2.90. The summed E-state index contributed by atoms with van der Waals surface area (Å²) in [7, 11) is 1.56. The van der Waals surface area contributed by atoms with E-state index in [-0.39, 0.29) is 12.5 Å². The lowest BCUT2D eigenvalue weighted by atomic mass is 10.1. The van der Waals surface area contributed by atoms with Crippen LogP contribution >= 0.6 is 0 Å². The van der Waals surface area contributed by atoms with E-state index in [2.05, 4.69) is 17.2 Å². The molecule has 0 aliphatic rings. The molecule has 19 heavy (non-hydrogen) atoms. The van der Waals surface area contributed by atoms with Crippen molar-refractivity contribution in [1.29, 1.82) is 0 Å². The first-order valence-electron chi connectivity index (χ1n) is 6.28. The topological polar surface area (TPSA) is 58.6 Å². The lowest BCUT2D eigenvalue weighted by molar-refractivity contribution is -0.116. The molecule has 1 rings (SSSR count). The number of hydrogen-bond acceptors (Lipinski definition) is 3. The van der Waals surface area contributed by atoms with E-state index in [9.17, 15) is 4.79 Å². The molecule has 0 aliphatic carbocycles. The first-order chi connectivity index (χ1) is 9.21. The maximum absolute atomic E-state index is 11.6. The number of aliphatic hydroxyl groups excluding tert-OH is 1. The lowest BCUT2D eigenvalue weighted by Crippen LogP contribution is -2.11. The molecule has 0 aliphatic heterocycles. The van der Waals surface area contributed by atoms with Gasteiger partial charge in [-0.3, -0.25) is 4.79 Å². The highest BCUT2D eigenvalue weighted by molar-refractivity contribution is 5.92. The van der Waals surface area contributed by atoms with Crippen molar-refractivity contribution in [3.05, 3.63) is 23.8 Å². The van der Waals surface area contributed by atoms with Crippen LogP contribution in [-0.2, 0) is 4.79 Å². The SMILES string of the molecule is CCCC(=O)Nc1cc(C#CCCO)ccc1OC. The van der Waals surface area contributed by atoms with E-state index in [0.717, 1.165) is 12.0 Å². The summed E-state index contributed by atoms with van der Waals surface area (Å²) in [6, 6.07) is 5.36. The summed E-state index contributed by atoms with van der Waals surface area (Å²) in [4.78, 5) is 11.6. The van der Waals surface area contributed by atoms with Crippen LogP contribution in [0.1, 0.15) is 31.7 Å². The third kappa shape index (κ3) is 5.02. The van der Waals surface area contributed by atoms with E-state index in [0.29, 0.717) is 24.3 Å². The van der Waals surface area contributed by atoms with Gasteiger partial charge in [0.15, 0.2) is 0 Å². The van der Waals surface area contributed by atoms with Crippen LogP contribution in [0.3, 0.4) is 0 Å². The molecule has 0 atom stereocenters. The average molecular weight is 261 g/mol. The molecule has 1 aromatic rings. The smallest absolute Gasteiger partial charge is 0.224 e. The minimum atomic E-state index is -0.0405. The molecular weight excluding hydrogens is 242 g/mol. The van der Waals surface area contributed by atoms with Crippen LogP contribution < -0.4 is 10.1 Å². The van der Waals surface area contributed by atoms with Crippen LogP contribution in [0.4, 0.5) is 5.69 Å². The highest BCUT2D eigenvalue weighted by Gasteiger charge is 2.07. The minimum Gasteiger partial charge on any atom is -0.495 e. The Labute approximate surface area is 113 Å².